The fourth-order valence-corrected chi connectivity index (χ4v) is 2.56. The highest BCUT2D eigenvalue weighted by atomic mass is 35.5. The molecule has 0 saturated heterocycles. The molecule has 5 heteroatoms. The third-order valence-corrected chi connectivity index (χ3v) is 3.38. The first-order valence-electron chi connectivity index (χ1n) is 5.78. The van der Waals surface area contributed by atoms with Gasteiger partial charge in [0.2, 0.25) is 5.91 Å². The van der Waals surface area contributed by atoms with Crippen LogP contribution in [0, 0.1) is 0 Å². The van der Waals surface area contributed by atoms with E-state index in [0.29, 0.717) is 16.3 Å². The third kappa shape index (κ3) is 1.85. The van der Waals surface area contributed by atoms with Crippen LogP contribution >= 0.6 is 11.6 Å². The molecule has 4 nitrogen and oxygen atoms in total. The van der Waals surface area contributed by atoms with Gasteiger partial charge < -0.3 is 10.1 Å². The zero-order valence-corrected chi connectivity index (χ0v) is 10.8. The fraction of sp³-hybridized carbons (Fsp3) is 0.143. The number of carbonyl (C=O) groups excluding carboxylic acids is 2. The number of esters is 1. The minimum atomic E-state index is -0.783. The van der Waals surface area contributed by atoms with E-state index in [4.69, 9.17) is 16.3 Å². The number of nitrogens with one attached hydrogen (secondary N) is 1. The van der Waals surface area contributed by atoms with E-state index < -0.39 is 12.0 Å². The smallest absolute Gasteiger partial charge is 0.338 e. The van der Waals surface area contributed by atoms with Crippen LogP contribution in [0.25, 0.3) is 10.8 Å². The van der Waals surface area contributed by atoms with Gasteiger partial charge in [0.05, 0.1) is 0 Å². The van der Waals surface area contributed by atoms with Crippen LogP contribution < -0.4 is 10.1 Å². The van der Waals surface area contributed by atoms with Crippen LogP contribution in [0.1, 0.15) is 18.5 Å². The van der Waals surface area contributed by atoms with Crippen molar-refractivity contribution in [3.63, 3.8) is 0 Å². The summed E-state index contributed by atoms with van der Waals surface area (Å²) in [4.78, 5) is 23.0. The molecule has 0 aliphatic carbocycles. The maximum Gasteiger partial charge on any atom is 0.338 e. The lowest BCUT2D eigenvalue weighted by Crippen LogP contribution is -2.30. The maximum atomic E-state index is 11.8. The van der Waals surface area contributed by atoms with Crippen molar-refractivity contribution in [1.29, 1.82) is 0 Å². The Labute approximate surface area is 114 Å². The standard InChI is InChI=1S/C14H10ClNO3/c1-7(17)16-12-10-6-11(15)8-4-2-3-5-9(8)13(10)19-14(12)18/h2-6,12H,1H3,(H,16,17). The molecule has 0 radical (unpaired) electrons. The Morgan fingerprint density at radius 2 is 2.00 bits per heavy atom. The predicted molar refractivity (Wildman–Crippen MR) is 71.2 cm³/mol. The number of hydrogen-bond acceptors (Lipinski definition) is 3. The summed E-state index contributed by atoms with van der Waals surface area (Å²) < 4.78 is 5.28. The van der Waals surface area contributed by atoms with Crippen LogP contribution in [-0.2, 0) is 9.59 Å². The first kappa shape index (κ1) is 12.0. The van der Waals surface area contributed by atoms with Gasteiger partial charge in [-0.15, -0.1) is 0 Å². The Morgan fingerprint density at radius 1 is 1.32 bits per heavy atom. The van der Waals surface area contributed by atoms with Gasteiger partial charge in [-0.2, -0.15) is 0 Å². The summed E-state index contributed by atoms with van der Waals surface area (Å²) in [5.74, 6) is -0.305. The molecule has 3 rings (SSSR count). The summed E-state index contributed by atoms with van der Waals surface area (Å²) in [5.41, 5.74) is 0.601. The van der Waals surface area contributed by atoms with Crippen LogP contribution in [0.2, 0.25) is 5.02 Å². The maximum absolute atomic E-state index is 11.8. The van der Waals surface area contributed by atoms with Crippen molar-refractivity contribution in [2.24, 2.45) is 0 Å². The minimum Gasteiger partial charge on any atom is -0.424 e. The molecule has 96 valence electrons. The highest BCUT2D eigenvalue weighted by molar-refractivity contribution is 6.36. The summed E-state index contributed by atoms with van der Waals surface area (Å²) in [5, 5.41) is 4.69. The lowest BCUT2D eigenvalue weighted by molar-refractivity contribution is -0.137. The quantitative estimate of drug-likeness (QED) is 0.643. The number of benzene rings is 2. The predicted octanol–water partition coefficient (Wildman–Crippen LogP) is 2.59. The molecule has 0 aromatic heterocycles. The number of fused-ring (bicyclic) bond motifs is 3. The molecule has 0 spiro atoms. The average Bonchev–Trinajstić information content (AvgIpc) is 2.67. The van der Waals surface area contributed by atoms with Crippen molar-refractivity contribution in [3.8, 4) is 5.75 Å². The van der Waals surface area contributed by atoms with Crippen molar-refractivity contribution in [2.45, 2.75) is 13.0 Å². The third-order valence-electron chi connectivity index (χ3n) is 3.07. The Balaban J connectivity index is 2.24. The molecule has 19 heavy (non-hydrogen) atoms. The number of halogens is 1. The SMILES string of the molecule is CC(=O)NC1C(=O)Oc2c1cc(Cl)c1ccccc21. The molecular weight excluding hydrogens is 266 g/mol. The fourth-order valence-electron chi connectivity index (χ4n) is 2.28. The molecule has 2 aromatic carbocycles. The summed E-state index contributed by atoms with van der Waals surface area (Å²) in [6.45, 7) is 1.36. The van der Waals surface area contributed by atoms with Crippen molar-refractivity contribution >= 4 is 34.2 Å². The van der Waals surface area contributed by atoms with Crippen molar-refractivity contribution < 1.29 is 14.3 Å². The molecule has 0 fully saturated rings. The van der Waals surface area contributed by atoms with E-state index in [1.54, 1.807) is 6.07 Å². The number of carbonyl (C=O) groups is 2. The zero-order chi connectivity index (χ0) is 13.6. The molecular formula is C14H10ClNO3. The normalized spacial score (nSPS) is 17.2. The van der Waals surface area contributed by atoms with Gasteiger partial charge in [0.1, 0.15) is 5.75 Å². The van der Waals surface area contributed by atoms with E-state index in [9.17, 15) is 9.59 Å². The molecule has 1 aliphatic heterocycles. The molecule has 1 amide bonds. The van der Waals surface area contributed by atoms with Gasteiger partial charge in [0.25, 0.3) is 0 Å². The molecule has 2 aromatic rings. The van der Waals surface area contributed by atoms with Crippen molar-refractivity contribution in [2.75, 3.05) is 0 Å². The first-order chi connectivity index (χ1) is 9.08. The summed E-state index contributed by atoms with van der Waals surface area (Å²) in [6, 6.07) is 8.29. The van der Waals surface area contributed by atoms with E-state index in [2.05, 4.69) is 5.32 Å². The second-order valence-electron chi connectivity index (χ2n) is 4.38. The number of hydrogen-bond donors (Lipinski definition) is 1. The topological polar surface area (TPSA) is 55.4 Å². The molecule has 1 unspecified atom stereocenters. The minimum absolute atomic E-state index is 0.293. The Hall–Kier alpha value is -2.07. The molecule has 0 bridgehead atoms. The van der Waals surface area contributed by atoms with E-state index in [0.717, 1.165) is 10.8 Å². The molecule has 1 aliphatic rings. The monoisotopic (exact) mass is 275 g/mol. The van der Waals surface area contributed by atoms with E-state index in [1.807, 2.05) is 24.3 Å². The molecule has 1 N–H and O–H groups in total. The van der Waals surface area contributed by atoms with E-state index in [-0.39, 0.29) is 5.91 Å². The molecule has 1 atom stereocenters. The van der Waals surface area contributed by atoms with Crippen LogP contribution in [-0.4, -0.2) is 11.9 Å². The highest BCUT2D eigenvalue weighted by Crippen LogP contribution is 2.42. The second-order valence-corrected chi connectivity index (χ2v) is 4.78. The van der Waals surface area contributed by atoms with Crippen LogP contribution in [0.3, 0.4) is 0 Å². The zero-order valence-electron chi connectivity index (χ0n) is 10.1. The Morgan fingerprint density at radius 3 is 2.68 bits per heavy atom. The summed E-state index contributed by atoms with van der Waals surface area (Å²) >= 11 is 6.21. The number of rotatable bonds is 1. The van der Waals surface area contributed by atoms with E-state index in [1.165, 1.54) is 6.92 Å². The summed E-state index contributed by atoms with van der Waals surface area (Å²) in [6.07, 6.45) is 0. The average molecular weight is 276 g/mol. The van der Waals surface area contributed by atoms with Gasteiger partial charge in [0.15, 0.2) is 6.04 Å². The lowest BCUT2D eigenvalue weighted by Gasteiger charge is -2.09. The van der Waals surface area contributed by atoms with Gasteiger partial charge >= 0.3 is 5.97 Å². The van der Waals surface area contributed by atoms with Crippen LogP contribution in [0.4, 0.5) is 0 Å². The molecule has 1 heterocycles. The first-order valence-corrected chi connectivity index (χ1v) is 6.15. The van der Waals surface area contributed by atoms with Crippen molar-refractivity contribution in [3.05, 3.63) is 40.9 Å². The molecule has 0 saturated carbocycles. The van der Waals surface area contributed by atoms with Gasteiger partial charge in [-0.05, 0) is 6.07 Å². The van der Waals surface area contributed by atoms with Gasteiger partial charge in [-0.1, -0.05) is 35.9 Å². The number of amides is 1. The van der Waals surface area contributed by atoms with Crippen LogP contribution in [0.15, 0.2) is 30.3 Å². The summed E-state index contributed by atoms with van der Waals surface area (Å²) in [7, 11) is 0. The van der Waals surface area contributed by atoms with Gasteiger partial charge in [0, 0.05) is 28.3 Å². The van der Waals surface area contributed by atoms with Gasteiger partial charge in [-0.3, -0.25) is 4.79 Å². The Kier molecular flexibility index (Phi) is 2.68. The lowest BCUT2D eigenvalue weighted by atomic mass is 10.0. The van der Waals surface area contributed by atoms with Gasteiger partial charge in [-0.25, -0.2) is 4.79 Å². The second kappa shape index (κ2) is 4.24. The van der Waals surface area contributed by atoms with Crippen molar-refractivity contribution in [1.82, 2.24) is 5.32 Å². The number of ether oxygens (including phenoxy) is 1. The Bertz CT molecular complexity index is 711. The van der Waals surface area contributed by atoms with E-state index >= 15 is 0 Å². The highest BCUT2D eigenvalue weighted by Gasteiger charge is 2.35. The van der Waals surface area contributed by atoms with Crippen LogP contribution in [0.5, 0.6) is 5.75 Å². The largest absolute Gasteiger partial charge is 0.424 e.